The summed E-state index contributed by atoms with van der Waals surface area (Å²) in [6, 6.07) is 2.07. The summed E-state index contributed by atoms with van der Waals surface area (Å²) in [5.74, 6) is 0.965. The Kier molecular flexibility index (Phi) is 9.30. The first-order chi connectivity index (χ1) is 10.2. The SMILES string of the molecule is CCNCc1cc(CN(CC)CCCN(CC)CC)on1. The molecule has 0 saturated carbocycles. The minimum atomic E-state index is 0.786. The number of aromatic nitrogens is 1. The summed E-state index contributed by atoms with van der Waals surface area (Å²) < 4.78 is 5.42. The van der Waals surface area contributed by atoms with E-state index < -0.39 is 0 Å². The molecule has 1 N–H and O–H groups in total. The molecule has 0 bridgehead atoms. The molecule has 0 aromatic carbocycles. The van der Waals surface area contributed by atoms with E-state index in [-0.39, 0.29) is 0 Å². The van der Waals surface area contributed by atoms with Crippen molar-refractivity contribution in [2.75, 3.05) is 39.3 Å². The van der Waals surface area contributed by atoms with Gasteiger partial charge in [0.2, 0.25) is 0 Å². The molecule has 0 aliphatic rings. The molecule has 0 amide bonds. The third kappa shape index (κ3) is 7.07. The third-order valence-electron chi connectivity index (χ3n) is 3.83. The summed E-state index contributed by atoms with van der Waals surface area (Å²) in [6.45, 7) is 16.9. The molecule has 1 heterocycles. The molecule has 0 aliphatic heterocycles. The van der Waals surface area contributed by atoms with E-state index in [4.69, 9.17) is 4.52 Å². The molecule has 5 nitrogen and oxygen atoms in total. The predicted molar refractivity (Wildman–Crippen MR) is 87.2 cm³/mol. The van der Waals surface area contributed by atoms with Crippen molar-refractivity contribution in [1.82, 2.24) is 20.3 Å². The quantitative estimate of drug-likeness (QED) is 0.641. The fraction of sp³-hybridized carbons (Fsp3) is 0.812. The van der Waals surface area contributed by atoms with Gasteiger partial charge in [-0.2, -0.15) is 0 Å². The van der Waals surface area contributed by atoms with Crippen LogP contribution in [0.25, 0.3) is 0 Å². The van der Waals surface area contributed by atoms with Crippen LogP contribution >= 0.6 is 0 Å². The first kappa shape index (κ1) is 18.1. The number of nitrogens with zero attached hydrogens (tertiary/aromatic N) is 3. The van der Waals surface area contributed by atoms with E-state index in [1.165, 1.54) is 13.0 Å². The highest BCUT2D eigenvalue weighted by Gasteiger charge is 2.09. The highest BCUT2D eigenvalue weighted by atomic mass is 16.5. The summed E-state index contributed by atoms with van der Waals surface area (Å²) in [7, 11) is 0. The van der Waals surface area contributed by atoms with Gasteiger partial charge in [-0.25, -0.2) is 0 Å². The number of hydrogen-bond acceptors (Lipinski definition) is 5. The minimum Gasteiger partial charge on any atom is -0.360 e. The lowest BCUT2D eigenvalue weighted by atomic mass is 10.3. The van der Waals surface area contributed by atoms with Crippen molar-refractivity contribution in [3.8, 4) is 0 Å². The second-order valence-electron chi connectivity index (χ2n) is 5.31. The minimum absolute atomic E-state index is 0.786. The first-order valence-corrected chi connectivity index (χ1v) is 8.33. The molecule has 1 aromatic rings. The summed E-state index contributed by atoms with van der Waals surface area (Å²) in [5, 5.41) is 7.37. The van der Waals surface area contributed by atoms with Crippen molar-refractivity contribution in [2.45, 2.75) is 47.2 Å². The molecule has 0 radical (unpaired) electrons. The van der Waals surface area contributed by atoms with Crippen LogP contribution in [0.5, 0.6) is 0 Å². The Morgan fingerprint density at radius 2 is 1.71 bits per heavy atom. The molecule has 0 unspecified atom stereocenters. The Morgan fingerprint density at radius 1 is 1.05 bits per heavy atom. The molecule has 21 heavy (non-hydrogen) atoms. The zero-order chi connectivity index (χ0) is 15.5. The maximum absolute atomic E-state index is 5.42. The van der Waals surface area contributed by atoms with Crippen molar-refractivity contribution in [2.24, 2.45) is 0 Å². The highest BCUT2D eigenvalue weighted by molar-refractivity contribution is 5.05. The van der Waals surface area contributed by atoms with E-state index >= 15 is 0 Å². The fourth-order valence-electron chi connectivity index (χ4n) is 2.39. The van der Waals surface area contributed by atoms with Crippen LogP contribution in [-0.4, -0.2) is 54.2 Å². The van der Waals surface area contributed by atoms with Crippen LogP contribution in [0, 0.1) is 0 Å². The lowest BCUT2D eigenvalue weighted by Crippen LogP contribution is -2.29. The van der Waals surface area contributed by atoms with Crippen LogP contribution in [-0.2, 0) is 13.1 Å². The van der Waals surface area contributed by atoms with Crippen LogP contribution in [0.1, 0.15) is 45.6 Å². The smallest absolute Gasteiger partial charge is 0.151 e. The zero-order valence-electron chi connectivity index (χ0n) is 14.2. The van der Waals surface area contributed by atoms with Crippen LogP contribution < -0.4 is 5.32 Å². The van der Waals surface area contributed by atoms with Crippen molar-refractivity contribution in [3.63, 3.8) is 0 Å². The van der Waals surface area contributed by atoms with Gasteiger partial charge in [0.15, 0.2) is 5.76 Å². The van der Waals surface area contributed by atoms with Gasteiger partial charge >= 0.3 is 0 Å². The van der Waals surface area contributed by atoms with E-state index in [0.717, 1.165) is 57.3 Å². The predicted octanol–water partition coefficient (Wildman–Crippen LogP) is 2.34. The highest BCUT2D eigenvalue weighted by Crippen LogP contribution is 2.08. The Bertz CT molecular complexity index is 363. The maximum atomic E-state index is 5.42. The molecule has 0 saturated heterocycles. The average molecular weight is 296 g/mol. The molecule has 122 valence electrons. The lowest BCUT2D eigenvalue weighted by Gasteiger charge is -2.22. The van der Waals surface area contributed by atoms with Crippen molar-refractivity contribution in [1.29, 1.82) is 0 Å². The molecule has 1 aromatic heterocycles. The molecule has 0 atom stereocenters. The van der Waals surface area contributed by atoms with Gasteiger partial charge in [-0.3, -0.25) is 4.90 Å². The number of rotatable bonds is 12. The third-order valence-corrected chi connectivity index (χ3v) is 3.83. The average Bonchev–Trinajstić information content (AvgIpc) is 2.95. The summed E-state index contributed by atoms with van der Waals surface area (Å²) in [4.78, 5) is 4.89. The van der Waals surface area contributed by atoms with Crippen LogP contribution in [0.3, 0.4) is 0 Å². The second-order valence-corrected chi connectivity index (χ2v) is 5.31. The van der Waals surface area contributed by atoms with Gasteiger partial charge in [0.1, 0.15) is 0 Å². The van der Waals surface area contributed by atoms with Crippen molar-refractivity contribution < 1.29 is 4.52 Å². The lowest BCUT2D eigenvalue weighted by molar-refractivity contribution is 0.217. The van der Waals surface area contributed by atoms with Gasteiger partial charge < -0.3 is 14.7 Å². The Hall–Kier alpha value is -0.910. The van der Waals surface area contributed by atoms with Gasteiger partial charge in [-0.15, -0.1) is 0 Å². The monoisotopic (exact) mass is 296 g/mol. The van der Waals surface area contributed by atoms with E-state index in [1.807, 2.05) is 0 Å². The summed E-state index contributed by atoms with van der Waals surface area (Å²) >= 11 is 0. The van der Waals surface area contributed by atoms with Crippen LogP contribution in [0.2, 0.25) is 0 Å². The zero-order valence-corrected chi connectivity index (χ0v) is 14.2. The van der Waals surface area contributed by atoms with Gasteiger partial charge in [0.05, 0.1) is 12.2 Å². The number of hydrogen-bond donors (Lipinski definition) is 1. The van der Waals surface area contributed by atoms with E-state index in [1.54, 1.807) is 0 Å². The first-order valence-electron chi connectivity index (χ1n) is 8.33. The van der Waals surface area contributed by atoms with Gasteiger partial charge in [0, 0.05) is 12.6 Å². The van der Waals surface area contributed by atoms with Gasteiger partial charge in [-0.05, 0) is 45.7 Å². The molecule has 0 spiro atoms. The fourth-order valence-corrected chi connectivity index (χ4v) is 2.39. The van der Waals surface area contributed by atoms with Crippen LogP contribution in [0.15, 0.2) is 10.6 Å². The summed E-state index contributed by atoms with van der Waals surface area (Å²) in [6.07, 6.45) is 1.20. The molecule has 0 fully saturated rings. The van der Waals surface area contributed by atoms with Crippen molar-refractivity contribution in [3.05, 3.63) is 17.5 Å². The van der Waals surface area contributed by atoms with E-state index in [9.17, 15) is 0 Å². The Labute approximate surface area is 129 Å². The Morgan fingerprint density at radius 3 is 2.33 bits per heavy atom. The van der Waals surface area contributed by atoms with E-state index in [2.05, 4.69) is 54.0 Å². The molecular weight excluding hydrogens is 264 g/mol. The normalized spacial score (nSPS) is 11.7. The second kappa shape index (κ2) is 10.8. The van der Waals surface area contributed by atoms with Crippen molar-refractivity contribution >= 4 is 0 Å². The van der Waals surface area contributed by atoms with Crippen LogP contribution in [0.4, 0.5) is 0 Å². The standard InChI is InChI=1S/C16H32N4O/c1-5-17-13-15-12-16(21-18-15)14-20(8-4)11-9-10-19(6-2)7-3/h12,17H,5-11,13-14H2,1-4H3. The molecule has 0 aliphatic carbocycles. The van der Waals surface area contributed by atoms with E-state index in [0.29, 0.717) is 0 Å². The topological polar surface area (TPSA) is 44.5 Å². The Balaban J connectivity index is 2.34. The largest absolute Gasteiger partial charge is 0.360 e. The van der Waals surface area contributed by atoms with Gasteiger partial charge in [0.25, 0.3) is 0 Å². The number of nitrogens with one attached hydrogen (secondary N) is 1. The molecular formula is C16H32N4O. The molecule has 5 heteroatoms. The summed E-state index contributed by atoms with van der Waals surface area (Å²) in [5.41, 5.74) is 0.992. The van der Waals surface area contributed by atoms with Gasteiger partial charge in [-0.1, -0.05) is 32.9 Å². The molecule has 1 rings (SSSR count). The maximum Gasteiger partial charge on any atom is 0.151 e.